The highest BCUT2D eigenvalue weighted by Crippen LogP contribution is 2.24. The van der Waals surface area contributed by atoms with E-state index in [1.807, 2.05) is 12.1 Å². The van der Waals surface area contributed by atoms with Gasteiger partial charge in [0.05, 0.1) is 0 Å². The Morgan fingerprint density at radius 3 is 2.50 bits per heavy atom. The van der Waals surface area contributed by atoms with Crippen molar-refractivity contribution in [2.45, 2.75) is 31.8 Å². The molecule has 2 rings (SSSR count). The quantitative estimate of drug-likeness (QED) is 0.925. The number of nitrogens with two attached hydrogens (primary N) is 1. The number of hydrogen-bond donors (Lipinski definition) is 1. The molecule has 2 atom stereocenters. The standard InChI is InChI=1S/C16H26ClN3/c1-13-11-20(9-8-19(13)3)16(2,12-18)10-14-4-6-15(17)7-5-14/h4-7,13H,8-12,18H2,1-3H3. The Kier molecular flexibility index (Phi) is 5.08. The topological polar surface area (TPSA) is 32.5 Å². The Bertz CT molecular complexity index is 434. The van der Waals surface area contributed by atoms with Crippen LogP contribution in [0.15, 0.2) is 24.3 Å². The summed E-state index contributed by atoms with van der Waals surface area (Å²) in [7, 11) is 2.20. The van der Waals surface area contributed by atoms with Crippen molar-refractivity contribution in [1.82, 2.24) is 9.80 Å². The van der Waals surface area contributed by atoms with Gasteiger partial charge in [-0.1, -0.05) is 23.7 Å². The fourth-order valence-electron chi connectivity index (χ4n) is 2.89. The van der Waals surface area contributed by atoms with E-state index in [0.29, 0.717) is 12.6 Å². The lowest BCUT2D eigenvalue weighted by Crippen LogP contribution is -2.61. The van der Waals surface area contributed by atoms with Crippen molar-refractivity contribution in [3.05, 3.63) is 34.9 Å². The van der Waals surface area contributed by atoms with E-state index >= 15 is 0 Å². The minimum Gasteiger partial charge on any atom is -0.329 e. The van der Waals surface area contributed by atoms with Crippen molar-refractivity contribution >= 4 is 11.6 Å². The zero-order valence-electron chi connectivity index (χ0n) is 12.8. The van der Waals surface area contributed by atoms with Gasteiger partial charge < -0.3 is 10.6 Å². The first-order valence-corrected chi connectivity index (χ1v) is 7.72. The molecule has 0 saturated carbocycles. The van der Waals surface area contributed by atoms with Crippen LogP contribution in [0.25, 0.3) is 0 Å². The number of benzene rings is 1. The van der Waals surface area contributed by atoms with Gasteiger partial charge in [0.1, 0.15) is 0 Å². The Morgan fingerprint density at radius 1 is 1.30 bits per heavy atom. The van der Waals surface area contributed by atoms with Gasteiger partial charge in [0.25, 0.3) is 0 Å². The van der Waals surface area contributed by atoms with Gasteiger partial charge in [-0.05, 0) is 45.0 Å². The Labute approximate surface area is 127 Å². The molecule has 2 unspecified atom stereocenters. The summed E-state index contributed by atoms with van der Waals surface area (Å²) in [5.41, 5.74) is 7.43. The molecule has 1 aromatic rings. The molecule has 0 aliphatic carbocycles. The summed E-state index contributed by atoms with van der Waals surface area (Å²) in [5, 5.41) is 0.788. The summed E-state index contributed by atoms with van der Waals surface area (Å²) in [4.78, 5) is 4.96. The largest absolute Gasteiger partial charge is 0.329 e. The van der Waals surface area contributed by atoms with Crippen LogP contribution in [-0.4, -0.2) is 54.6 Å². The van der Waals surface area contributed by atoms with Crippen LogP contribution in [0.5, 0.6) is 0 Å². The zero-order chi connectivity index (χ0) is 14.8. The second kappa shape index (κ2) is 6.44. The number of likely N-dealkylation sites (N-methyl/N-ethyl adjacent to an activating group) is 1. The minimum absolute atomic E-state index is 0.0172. The van der Waals surface area contributed by atoms with Crippen molar-refractivity contribution < 1.29 is 0 Å². The molecule has 1 fully saturated rings. The van der Waals surface area contributed by atoms with E-state index in [9.17, 15) is 0 Å². The van der Waals surface area contributed by atoms with Crippen LogP contribution in [0, 0.1) is 0 Å². The molecule has 0 radical (unpaired) electrons. The van der Waals surface area contributed by atoms with Gasteiger partial charge in [0, 0.05) is 42.8 Å². The maximum absolute atomic E-state index is 6.11. The molecule has 1 aliphatic rings. The monoisotopic (exact) mass is 295 g/mol. The summed E-state index contributed by atoms with van der Waals surface area (Å²) >= 11 is 5.96. The van der Waals surface area contributed by atoms with Crippen LogP contribution < -0.4 is 5.73 Å². The maximum atomic E-state index is 6.11. The van der Waals surface area contributed by atoms with Crippen LogP contribution in [0.2, 0.25) is 5.02 Å². The molecule has 112 valence electrons. The Morgan fingerprint density at radius 2 is 1.95 bits per heavy atom. The van der Waals surface area contributed by atoms with Crippen LogP contribution in [0.3, 0.4) is 0 Å². The van der Waals surface area contributed by atoms with E-state index in [4.69, 9.17) is 17.3 Å². The van der Waals surface area contributed by atoms with Crippen LogP contribution in [0.4, 0.5) is 0 Å². The lowest BCUT2D eigenvalue weighted by atomic mass is 9.89. The summed E-state index contributed by atoms with van der Waals surface area (Å²) in [6, 6.07) is 8.71. The number of rotatable bonds is 4. The van der Waals surface area contributed by atoms with E-state index in [1.54, 1.807) is 0 Å². The molecular formula is C16H26ClN3. The highest BCUT2D eigenvalue weighted by molar-refractivity contribution is 6.30. The van der Waals surface area contributed by atoms with Gasteiger partial charge in [-0.15, -0.1) is 0 Å². The lowest BCUT2D eigenvalue weighted by Gasteiger charge is -2.47. The number of nitrogens with zero attached hydrogens (tertiary/aromatic N) is 2. The Balaban J connectivity index is 2.10. The zero-order valence-corrected chi connectivity index (χ0v) is 13.5. The fourth-order valence-corrected chi connectivity index (χ4v) is 3.02. The normalized spacial score (nSPS) is 24.6. The number of piperazine rings is 1. The van der Waals surface area contributed by atoms with Crippen LogP contribution >= 0.6 is 11.6 Å². The predicted molar refractivity (Wildman–Crippen MR) is 86.3 cm³/mol. The molecule has 1 saturated heterocycles. The molecular weight excluding hydrogens is 270 g/mol. The molecule has 1 heterocycles. The summed E-state index contributed by atoms with van der Waals surface area (Å²) < 4.78 is 0. The van der Waals surface area contributed by atoms with E-state index in [1.165, 1.54) is 5.56 Å². The van der Waals surface area contributed by atoms with Crippen LogP contribution in [0.1, 0.15) is 19.4 Å². The third-order valence-corrected chi connectivity index (χ3v) is 4.91. The Hall–Kier alpha value is -0.610. The minimum atomic E-state index is 0.0172. The van der Waals surface area contributed by atoms with Crippen molar-refractivity contribution in [3.63, 3.8) is 0 Å². The van der Waals surface area contributed by atoms with E-state index < -0.39 is 0 Å². The van der Waals surface area contributed by atoms with E-state index in [2.05, 4.69) is 42.8 Å². The first-order chi connectivity index (χ1) is 9.44. The van der Waals surface area contributed by atoms with Crippen molar-refractivity contribution in [1.29, 1.82) is 0 Å². The molecule has 0 spiro atoms. The predicted octanol–water partition coefficient (Wildman–Crippen LogP) is 2.24. The molecule has 0 amide bonds. The van der Waals surface area contributed by atoms with Gasteiger partial charge in [-0.3, -0.25) is 4.90 Å². The molecule has 2 N–H and O–H groups in total. The third kappa shape index (κ3) is 3.53. The van der Waals surface area contributed by atoms with E-state index in [0.717, 1.165) is 31.1 Å². The highest BCUT2D eigenvalue weighted by Gasteiger charge is 2.34. The second-order valence-corrected chi connectivity index (χ2v) is 6.72. The van der Waals surface area contributed by atoms with Crippen LogP contribution in [-0.2, 0) is 6.42 Å². The molecule has 1 aromatic carbocycles. The van der Waals surface area contributed by atoms with Crippen molar-refractivity contribution in [2.75, 3.05) is 33.2 Å². The van der Waals surface area contributed by atoms with Crippen molar-refractivity contribution in [3.8, 4) is 0 Å². The highest BCUT2D eigenvalue weighted by atomic mass is 35.5. The fraction of sp³-hybridized carbons (Fsp3) is 0.625. The maximum Gasteiger partial charge on any atom is 0.0406 e. The lowest BCUT2D eigenvalue weighted by molar-refractivity contribution is 0.0275. The summed E-state index contributed by atoms with van der Waals surface area (Å²) in [5.74, 6) is 0. The van der Waals surface area contributed by atoms with Gasteiger partial charge in [-0.25, -0.2) is 0 Å². The third-order valence-electron chi connectivity index (χ3n) is 4.66. The number of halogens is 1. The van der Waals surface area contributed by atoms with Gasteiger partial charge in [0.15, 0.2) is 0 Å². The molecule has 0 aromatic heterocycles. The smallest absolute Gasteiger partial charge is 0.0406 e. The first kappa shape index (κ1) is 15.8. The average Bonchev–Trinajstić information content (AvgIpc) is 2.44. The molecule has 4 heteroatoms. The molecule has 20 heavy (non-hydrogen) atoms. The van der Waals surface area contributed by atoms with Crippen molar-refractivity contribution in [2.24, 2.45) is 5.73 Å². The first-order valence-electron chi connectivity index (χ1n) is 7.34. The molecule has 1 aliphatic heterocycles. The number of hydrogen-bond acceptors (Lipinski definition) is 3. The van der Waals surface area contributed by atoms with E-state index in [-0.39, 0.29) is 5.54 Å². The average molecular weight is 296 g/mol. The summed E-state index contributed by atoms with van der Waals surface area (Å²) in [6.45, 7) is 8.51. The van der Waals surface area contributed by atoms with Gasteiger partial charge in [-0.2, -0.15) is 0 Å². The van der Waals surface area contributed by atoms with Gasteiger partial charge in [0.2, 0.25) is 0 Å². The SMILES string of the molecule is CC1CN(C(C)(CN)Cc2ccc(Cl)cc2)CCN1C. The molecule has 0 bridgehead atoms. The second-order valence-electron chi connectivity index (χ2n) is 6.28. The molecule has 3 nitrogen and oxygen atoms in total. The summed E-state index contributed by atoms with van der Waals surface area (Å²) in [6.07, 6.45) is 0.969. The van der Waals surface area contributed by atoms with Gasteiger partial charge >= 0.3 is 0 Å².